The number of amides is 4. The SMILES string of the molecule is COc1cc([C@H]2C3=CC[C@@H]4C(=O)N(c5cc(C(F)(F)F)cc(C(F)(F)F)c5)C(=O)[C@@H]4[C@@H]3C[C@H]3C(=O)N(Nc4ccc(F)cc4)C(=O)[C@@]23c2ccc(Cl)cc2)cc(Cl)c1O. The van der Waals surface area contributed by atoms with Gasteiger partial charge in [-0.25, -0.2) is 9.29 Å². The summed E-state index contributed by atoms with van der Waals surface area (Å²) in [7, 11) is 1.25. The monoisotopic (exact) mass is 861 g/mol. The van der Waals surface area contributed by atoms with Crippen LogP contribution in [0.5, 0.6) is 11.5 Å². The summed E-state index contributed by atoms with van der Waals surface area (Å²) < 4.78 is 103. The van der Waals surface area contributed by atoms with Gasteiger partial charge in [-0.3, -0.25) is 24.6 Å². The predicted octanol–water partition coefficient (Wildman–Crippen LogP) is 9.07. The zero-order valence-electron chi connectivity index (χ0n) is 30.2. The van der Waals surface area contributed by atoms with Gasteiger partial charge in [-0.1, -0.05) is 47.0 Å². The molecule has 1 saturated carbocycles. The summed E-state index contributed by atoms with van der Waals surface area (Å²) in [6.45, 7) is 0. The molecule has 0 unspecified atom stereocenters. The maximum atomic E-state index is 15.3. The summed E-state index contributed by atoms with van der Waals surface area (Å²) in [5, 5.41) is 11.6. The average Bonchev–Trinajstić information content (AvgIpc) is 3.56. The number of hydrazine groups is 1. The number of nitrogens with one attached hydrogen (secondary N) is 1. The molecule has 2 aliphatic carbocycles. The second kappa shape index (κ2) is 14.0. The molecule has 2 aliphatic heterocycles. The number of alkyl halides is 6. The van der Waals surface area contributed by atoms with Crippen LogP contribution < -0.4 is 15.1 Å². The fourth-order valence-corrected chi connectivity index (χ4v) is 9.61. The summed E-state index contributed by atoms with van der Waals surface area (Å²) in [6, 6.07) is 14.1. The Morgan fingerprint density at radius 1 is 0.814 bits per heavy atom. The highest BCUT2D eigenvalue weighted by molar-refractivity contribution is 6.32. The van der Waals surface area contributed by atoms with Crippen LogP contribution >= 0.6 is 23.2 Å². The molecule has 0 bridgehead atoms. The molecule has 2 N–H and O–H groups in total. The first-order chi connectivity index (χ1) is 27.8. The first-order valence-corrected chi connectivity index (χ1v) is 18.6. The Morgan fingerprint density at radius 3 is 2.03 bits per heavy atom. The van der Waals surface area contributed by atoms with Crippen molar-refractivity contribution in [3.8, 4) is 11.5 Å². The van der Waals surface area contributed by atoms with Crippen LogP contribution in [-0.2, 0) is 36.9 Å². The van der Waals surface area contributed by atoms with Crippen molar-refractivity contribution in [1.29, 1.82) is 0 Å². The van der Waals surface area contributed by atoms with Gasteiger partial charge in [0.15, 0.2) is 11.5 Å². The van der Waals surface area contributed by atoms with Crippen LogP contribution in [0.3, 0.4) is 0 Å². The number of benzene rings is 4. The first kappa shape index (κ1) is 40.2. The number of nitrogens with zero attached hydrogens (tertiary/aromatic N) is 2. The number of ether oxygens (including phenoxy) is 1. The lowest BCUT2D eigenvalue weighted by Crippen LogP contribution is -2.53. The Bertz CT molecular complexity index is 2440. The van der Waals surface area contributed by atoms with Gasteiger partial charge in [0.2, 0.25) is 11.8 Å². The number of aromatic hydroxyl groups is 1. The van der Waals surface area contributed by atoms with E-state index in [-0.39, 0.29) is 51.5 Å². The standard InChI is InChI=1S/C41H28Cl2F7N3O6/c1-59-31-13-18(12-30(43)34(31)54)33-26-10-11-27-32(37(57)52(35(27)55)25-15-20(40(45,46)47)14-21(16-25)41(48,49)50)28(26)17-29-36(56)53(51-24-8-6-23(44)7-9-24)38(58)39(29,33)19-2-4-22(42)5-3-19/h2-10,12-16,27-29,32-33,51,54H,11,17H2,1H3/t27-,28+,29-,32-,33-,39+/m0/s1. The molecular formula is C41H28Cl2F7N3O6. The minimum absolute atomic E-state index is 0.116. The Labute approximate surface area is 339 Å². The Morgan fingerprint density at radius 2 is 1.44 bits per heavy atom. The molecule has 2 heterocycles. The molecule has 4 aliphatic rings. The molecule has 6 atom stereocenters. The van der Waals surface area contributed by atoms with E-state index in [4.69, 9.17) is 27.9 Å². The summed E-state index contributed by atoms with van der Waals surface area (Å²) in [4.78, 5) is 59.0. The van der Waals surface area contributed by atoms with E-state index in [1.165, 1.54) is 43.5 Å². The van der Waals surface area contributed by atoms with Gasteiger partial charge in [-0.2, -0.15) is 31.4 Å². The van der Waals surface area contributed by atoms with Crippen molar-refractivity contribution in [2.24, 2.45) is 23.7 Å². The zero-order valence-corrected chi connectivity index (χ0v) is 31.7. The van der Waals surface area contributed by atoms with Gasteiger partial charge in [0.05, 0.1) is 57.8 Å². The molecule has 4 aromatic rings. The fraction of sp³-hybridized carbons (Fsp3) is 0.268. The molecule has 306 valence electrons. The third kappa shape index (κ3) is 6.29. The van der Waals surface area contributed by atoms with Crippen LogP contribution in [0.4, 0.5) is 42.1 Å². The highest BCUT2D eigenvalue weighted by Gasteiger charge is 2.70. The van der Waals surface area contributed by atoms with E-state index in [0.717, 1.165) is 17.1 Å². The minimum atomic E-state index is -5.28. The number of allylic oxidation sites excluding steroid dienone is 2. The van der Waals surface area contributed by atoms with Crippen LogP contribution in [0.25, 0.3) is 0 Å². The van der Waals surface area contributed by atoms with Crippen LogP contribution in [0, 0.1) is 29.5 Å². The predicted molar refractivity (Wildman–Crippen MR) is 198 cm³/mol. The average molecular weight is 863 g/mol. The molecule has 2 saturated heterocycles. The van der Waals surface area contributed by atoms with E-state index < -0.39 is 99.4 Å². The lowest BCUT2D eigenvalue weighted by atomic mass is 9.49. The lowest BCUT2D eigenvalue weighted by Gasteiger charge is -2.50. The van der Waals surface area contributed by atoms with Crippen molar-refractivity contribution >= 4 is 58.2 Å². The molecule has 0 aromatic heterocycles. The Hall–Kier alpha value is -5.61. The molecule has 4 aromatic carbocycles. The first-order valence-electron chi connectivity index (χ1n) is 17.9. The highest BCUT2D eigenvalue weighted by atomic mass is 35.5. The number of rotatable bonds is 6. The van der Waals surface area contributed by atoms with Gasteiger partial charge < -0.3 is 9.84 Å². The largest absolute Gasteiger partial charge is 0.503 e. The molecule has 0 spiro atoms. The number of phenolic OH excluding ortho intramolecular Hbond substituents is 1. The van der Waals surface area contributed by atoms with Crippen LogP contribution in [-0.4, -0.2) is 40.9 Å². The van der Waals surface area contributed by atoms with Crippen LogP contribution in [0.2, 0.25) is 10.0 Å². The van der Waals surface area contributed by atoms with E-state index in [9.17, 15) is 50.2 Å². The fourth-order valence-electron chi connectivity index (χ4n) is 9.27. The summed E-state index contributed by atoms with van der Waals surface area (Å²) in [5.74, 6) is -11.3. The quantitative estimate of drug-likeness (QED) is 0.113. The number of halogens is 9. The molecule has 8 rings (SSSR count). The molecular weight excluding hydrogens is 834 g/mol. The normalized spacial score (nSPS) is 25.5. The Kier molecular flexibility index (Phi) is 9.54. The number of anilines is 2. The number of methoxy groups -OCH3 is 1. The third-order valence-corrected chi connectivity index (χ3v) is 12.2. The van der Waals surface area contributed by atoms with E-state index in [0.29, 0.717) is 22.6 Å². The number of phenols is 1. The summed E-state index contributed by atoms with van der Waals surface area (Å²) in [6.07, 6.45) is -9.50. The molecule has 18 heteroatoms. The number of carbonyl (C=O) groups is 4. The van der Waals surface area contributed by atoms with Crippen molar-refractivity contribution < 1.29 is 59.8 Å². The van der Waals surface area contributed by atoms with Gasteiger partial charge in [0.25, 0.3) is 11.8 Å². The van der Waals surface area contributed by atoms with E-state index in [1.54, 1.807) is 18.2 Å². The Balaban J connectivity index is 1.33. The summed E-state index contributed by atoms with van der Waals surface area (Å²) >= 11 is 12.8. The third-order valence-electron chi connectivity index (χ3n) is 11.7. The maximum absolute atomic E-state index is 15.3. The summed E-state index contributed by atoms with van der Waals surface area (Å²) in [5.41, 5.74) is -2.53. The van der Waals surface area contributed by atoms with Gasteiger partial charge in [0.1, 0.15) is 5.82 Å². The second-order valence-corrected chi connectivity index (χ2v) is 15.5. The second-order valence-electron chi connectivity index (χ2n) is 14.7. The van der Waals surface area contributed by atoms with Gasteiger partial charge >= 0.3 is 12.4 Å². The smallest absolute Gasteiger partial charge is 0.416 e. The van der Waals surface area contributed by atoms with Crippen molar-refractivity contribution in [2.45, 2.75) is 36.5 Å². The molecule has 9 nitrogen and oxygen atoms in total. The topological polar surface area (TPSA) is 116 Å². The van der Waals surface area contributed by atoms with Crippen molar-refractivity contribution in [1.82, 2.24) is 5.01 Å². The molecule has 59 heavy (non-hydrogen) atoms. The van der Waals surface area contributed by atoms with E-state index in [2.05, 4.69) is 5.43 Å². The lowest BCUT2D eigenvalue weighted by molar-refractivity contribution is -0.143. The van der Waals surface area contributed by atoms with Gasteiger partial charge in [-0.15, -0.1) is 0 Å². The number of fused-ring (bicyclic) bond motifs is 4. The van der Waals surface area contributed by atoms with Crippen molar-refractivity contribution in [3.05, 3.63) is 129 Å². The van der Waals surface area contributed by atoms with Gasteiger partial charge in [0, 0.05) is 10.9 Å². The maximum Gasteiger partial charge on any atom is 0.416 e. The molecule has 4 amide bonds. The number of carbonyl (C=O) groups excluding carboxylic acids is 4. The van der Waals surface area contributed by atoms with E-state index in [1.807, 2.05) is 0 Å². The number of hydrogen-bond donors (Lipinski definition) is 2. The minimum Gasteiger partial charge on any atom is -0.503 e. The number of hydrogen-bond acceptors (Lipinski definition) is 7. The zero-order chi connectivity index (χ0) is 42.5. The van der Waals surface area contributed by atoms with E-state index >= 15 is 4.79 Å². The van der Waals surface area contributed by atoms with Crippen LogP contribution in [0.15, 0.2) is 90.5 Å². The van der Waals surface area contributed by atoms with Crippen molar-refractivity contribution in [2.75, 3.05) is 17.4 Å². The van der Waals surface area contributed by atoms with Gasteiger partial charge in [-0.05, 0) is 96.6 Å². The molecule has 3 fully saturated rings. The highest BCUT2D eigenvalue weighted by Crippen LogP contribution is 2.65. The number of imide groups is 2. The molecule has 0 radical (unpaired) electrons. The van der Waals surface area contributed by atoms with Crippen molar-refractivity contribution in [3.63, 3.8) is 0 Å². The van der Waals surface area contributed by atoms with Crippen LogP contribution in [0.1, 0.15) is 41.0 Å².